The average Bonchev–Trinajstić information content (AvgIpc) is 2.27. The normalized spacial score (nSPS) is 12.0. The summed E-state index contributed by atoms with van der Waals surface area (Å²) in [5.74, 6) is -1.52. The van der Waals surface area contributed by atoms with Crippen LogP contribution in [0.2, 0.25) is 0 Å². The lowest BCUT2D eigenvalue weighted by atomic mass is 10.00. The number of carbonyl (C=O) groups is 2. The molecule has 0 aromatic heterocycles. The van der Waals surface area contributed by atoms with Crippen LogP contribution in [0, 0.1) is 20.8 Å². The van der Waals surface area contributed by atoms with Gasteiger partial charge in [0, 0.05) is 6.54 Å². The Kier molecular flexibility index (Phi) is 5.06. The third kappa shape index (κ3) is 4.37. The van der Waals surface area contributed by atoms with Gasteiger partial charge in [-0.3, -0.25) is 9.59 Å². The van der Waals surface area contributed by atoms with Gasteiger partial charge in [0.2, 0.25) is 5.91 Å². The molecule has 5 nitrogen and oxygen atoms in total. The van der Waals surface area contributed by atoms with Crippen molar-refractivity contribution in [3.63, 3.8) is 0 Å². The van der Waals surface area contributed by atoms with E-state index >= 15 is 0 Å². The molecule has 0 heterocycles. The molecule has 0 aliphatic heterocycles. The van der Waals surface area contributed by atoms with Crippen LogP contribution in [0.3, 0.4) is 0 Å². The van der Waals surface area contributed by atoms with Gasteiger partial charge in [-0.2, -0.15) is 0 Å². The second-order valence-electron chi connectivity index (χ2n) is 4.80. The summed E-state index contributed by atoms with van der Waals surface area (Å²) >= 11 is 0. The van der Waals surface area contributed by atoms with Crippen molar-refractivity contribution in [1.82, 2.24) is 5.32 Å². The highest BCUT2D eigenvalue weighted by Gasteiger charge is 2.16. The van der Waals surface area contributed by atoms with Crippen LogP contribution in [-0.2, 0) is 16.1 Å². The molecule has 0 radical (unpaired) electrons. The number of rotatable bonds is 5. The number of carboxylic acids is 1. The Balaban J connectivity index is 2.63. The number of nitrogens with one attached hydrogen (secondary N) is 1. The Hall–Kier alpha value is -1.88. The van der Waals surface area contributed by atoms with E-state index in [9.17, 15) is 9.59 Å². The van der Waals surface area contributed by atoms with E-state index in [-0.39, 0.29) is 12.3 Å². The van der Waals surface area contributed by atoms with Crippen LogP contribution in [0.25, 0.3) is 0 Å². The zero-order chi connectivity index (χ0) is 14.6. The van der Waals surface area contributed by atoms with Crippen molar-refractivity contribution in [3.8, 4) is 0 Å². The minimum absolute atomic E-state index is 0.209. The van der Waals surface area contributed by atoms with Crippen molar-refractivity contribution in [3.05, 3.63) is 34.4 Å². The van der Waals surface area contributed by atoms with Gasteiger partial charge in [0.25, 0.3) is 0 Å². The van der Waals surface area contributed by atoms with Crippen LogP contribution < -0.4 is 11.1 Å². The molecule has 1 aromatic carbocycles. The molecule has 0 saturated heterocycles. The van der Waals surface area contributed by atoms with Gasteiger partial charge in [-0.15, -0.1) is 0 Å². The molecule has 0 spiro atoms. The van der Waals surface area contributed by atoms with Crippen molar-refractivity contribution >= 4 is 11.9 Å². The van der Waals surface area contributed by atoms with E-state index in [0.717, 1.165) is 16.7 Å². The number of aryl methyl sites for hydroxylation is 3. The SMILES string of the molecule is Cc1cc(C)c(CNC(=O)CC(N)C(=O)O)c(C)c1. The van der Waals surface area contributed by atoms with Crippen molar-refractivity contribution in [1.29, 1.82) is 0 Å². The van der Waals surface area contributed by atoms with Crippen molar-refractivity contribution in [2.24, 2.45) is 5.73 Å². The highest BCUT2D eigenvalue weighted by Crippen LogP contribution is 2.16. The molecule has 0 fully saturated rings. The largest absolute Gasteiger partial charge is 0.480 e. The van der Waals surface area contributed by atoms with Crippen LogP contribution in [0.4, 0.5) is 0 Å². The molecule has 5 heteroatoms. The first kappa shape index (κ1) is 15.2. The van der Waals surface area contributed by atoms with Gasteiger partial charge < -0.3 is 16.2 Å². The highest BCUT2D eigenvalue weighted by molar-refractivity contribution is 5.84. The van der Waals surface area contributed by atoms with Crippen LogP contribution in [-0.4, -0.2) is 23.0 Å². The van der Waals surface area contributed by atoms with Gasteiger partial charge >= 0.3 is 5.97 Å². The molecule has 104 valence electrons. The zero-order valence-corrected chi connectivity index (χ0v) is 11.5. The molecule has 1 rings (SSSR count). The number of amides is 1. The van der Waals surface area contributed by atoms with Gasteiger partial charge in [0.15, 0.2) is 0 Å². The van der Waals surface area contributed by atoms with E-state index in [2.05, 4.69) is 17.4 Å². The van der Waals surface area contributed by atoms with Gasteiger partial charge in [0.1, 0.15) is 6.04 Å². The van der Waals surface area contributed by atoms with Crippen LogP contribution in [0.5, 0.6) is 0 Å². The molecule has 19 heavy (non-hydrogen) atoms. The molecule has 1 amide bonds. The molecular formula is C14H20N2O3. The third-order valence-corrected chi connectivity index (χ3v) is 3.03. The molecule has 0 aliphatic rings. The van der Waals surface area contributed by atoms with Crippen molar-refractivity contribution in [2.75, 3.05) is 0 Å². The van der Waals surface area contributed by atoms with Crippen molar-refractivity contribution in [2.45, 2.75) is 39.8 Å². The summed E-state index contributed by atoms with van der Waals surface area (Å²) in [6, 6.07) is 2.95. The van der Waals surface area contributed by atoms with Gasteiger partial charge in [-0.05, 0) is 37.5 Å². The molecule has 0 bridgehead atoms. The van der Waals surface area contributed by atoms with Gasteiger partial charge in [-0.1, -0.05) is 17.7 Å². The van der Waals surface area contributed by atoms with E-state index in [1.807, 2.05) is 20.8 Å². The summed E-state index contributed by atoms with van der Waals surface area (Å²) in [6.45, 7) is 6.40. The maximum atomic E-state index is 11.6. The smallest absolute Gasteiger partial charge is 0.321 e. The Morgan fingerprint density at radius 3 is 2.26 bits per heavy atom. The van der Waals surface area contributed by atoms with E-state index in [0.29, 0.717) is 6.54 Å². The number of carboxylic acid groups (broad SMARTS) is 1. The van der Waals surface area contributed by atoms with Gasteiger partial charge in [0.05, 0.1) is 6.42 Å². The van der Waals surface area contributed by atoms with Gasteiger partial charge in [-0.25, -0.2) is 0 Å². The topological polar surface area (TPSA) is 92.4 Å². The fourth-order valence-corrected chi connectivity index (χ4v) is 2.03. The molecule has 1 atom stereocenters. The first-order valence-electron chi connectivity index (χ1n) is 6.13. The number of nitrogens with two attached hydrogens (primary N) is 1. The Bertz CT molecular complexity index is 474. The third-order valence-electron chi connectivity index (χ3n) is 3.03. The fourth-order valence-electron chi connectivity index (χ4n) is 2.03. The lowest BCUT2D eigenvalue weighted by Gasteiger charge is -2.13. The molecular weight excluding hydrogens is 244 g/mol. The van der Waals surface area contributed by atoms with Crippen LogP contribution in [0.1, 0.15) is 28.7 Å². The second-order valence-corrected chi connectivity index (χ2v) is 4.80. The lowest BCUT2D eigenvalue weighted by molar-refractivity contribution is -0.140. The molecule has 4 N–H and O–H groups in total. The predicted molar refractivity (Wildman–Crippen MR) is 72.7 cm³/mol. The standard InChI is InChI=1S/C14H20N2O3/c1-8-4-9(2)11(10(3)5-8)7-16-13(17)6-12(15)14(18)19/h4-5,12H,6-7,15H2,1-3H3,(H,16,17)(H,18,19). The van der Waals surface area contributed by atoms with Crippen LogP contribution in [0.15, 0.2) is 12.1 Å². The summed E-state index contributed by atoms with van der Waals surface area (Å²) in [5, 5.41) is 11.3. The second kappa shape index (κ2) is 6.33. The minimum Gasteiger partial charge on any atom is -0.480 e. The van der Waals surface area contributed by atoms with E-state index in [1.165, 1.54) is 5.56 Å². The van der Waals surface area contributed by atoms with E-state index in [1.54, 1.807) is 0 Å². The predicted octanol–water partition coefficient (Wildman–Crippen LogP) is 1.03. The molecule has 0 aliphatic carbocycles. The summed E-state index contributed by atoms with van der Waals surface area (Å²) in [7, 11) is 0. The Morgan fingerprint density at radius 1 is 1.26 bits per heavy atom. The number of hydrogen-bond acceptors (Lipinski definition) is 3. The number of aliphatic carboxylic acids is 1. The molecule has 0 saturated carbocycles. The fraction of sp³-hybridized carbons (Fsp3) is 0.429. The summed E-state index contributed by atoms with van der Waals surface area (Å²) in [4.78, 5) is 22.1. The lowest BCUT2D eigenvalue weighted by Crippen LogP contribution is -2.36. The number of hydrogen-bond donors (Lipinski definition) is 3. The van der Waals surface area contributed by atoms with Crippen LogP contribution >= 0.6 is 0 Å². The average molecular weight is 264 g/mol. The summed E-state index contributed by atoms with van der Waals surface area (Å²) < 4.78 is 0. The quantitative estimate of drug-likeness (QED) is 0.740. The van der Waals surface area contributed by atoms with Crippen molar-refractivity contribution < 1.29 is 14.7 Å². The Morgan fingerprint density at radius 2 is 1.79 bits per heavy atom. The first-order valence-corrected chi connectivity index (χ1v) is 6.13. The highest BCUT2D eigenvalue weighted by atomic mass is 16.4. The Labute approximate surface area is 112 Å². The monoisotopic (exact) mass is 264 g/mol. The first-order chi connectivity index (χ1) is 8.81. The molecule has 1 aromatic rings. The zero-order valence-electron chi connectivity index (χ0n) is 11.5. The number of benzene rings is 1. The van der Waals surface area contributed by atoms with E-state index in [4.69, 9.17) is 10.8 Å². The number of carbonyl (C=O) groups excluding carboxylic acids is 1. The molecule has 1 unspecified atom stereocenters. The summed E-state index contributed by atoms with van der Waals surface area (Å²) in [5.41, 5.74) is 9.77. The maximum absolute atomic E-state index is 11.6. The van der Waals surface area contributed by atoms with E-state index < -0.39 is 12.0 Å². The maximum Gasteiger partial charge on any atom is 0.321 e. The minimum atomic E-state index is -1.17. The summed E-state index contributed by atoms with van der Waals surface area (Å²) in [6.07, 6.45) is -0.209.